The Kier molecular flexibility index (Phi) is 6.07. The first kappa shape index (κ1) is 17.5. The largest absolute Gasteiger partial charge is 0.494 e. The van der Waals surface area contributed by atoms with Gasteiger partial charge in [0.25, 0.3) is 5.91 Å². The number of benzene rings is 2. The molecule has 2 aromatic carbocycles. The molecule has 0 bridgehead atoms. The molecular weight excluding hydrogens is 312 g/mol. The topological polar surface area (TPSA) is 32.8 Å². The summed E-state index contributed by atoms with van der Waals surface area (Å²) in [6, 6.07) is 18.0. The van der Waals surface area contributed by atoms with Crippen molar-refractivity contribution >= 4 is 5.91 Å². The minimum Gasteiger partial charge on any atom is -0.494 e. The van der Waals surface area contributed by atoms with Crippen molar-refractivity contribution in [3.63, 3.8) is 0 Å². The van der Waals surface area contributed by atoms with Gasteiger partial charge in [-0.15, -0.1) is 0 Å². The second kappa shape index (κ2) is 8.67. The molecule has 1 heterocycles. The van der Waals surface area contributed by atoms with E-state index >= 15 is 0 Å². The lowest BCUT2D eigenvalue weighted by atomic mass is 10.1. The van der Waals surface area contributed by atoms with Gasteiger partial charge in [-0.25, -0.2) is 0 Å². The van der Waals surface area contributed by atoms with Gasteiger partial charge in [-0.1, -0.05) is 43.3 Å². The molecule has 2 aromatic rings. The molecule has 132 valence electrons. The van der Waals surface area contributed by atoms with Gasteiger partial charge in [0, 0.05) is 38.3 Å². The van der Waals surface area contributed by atoms with E-state index < -0.39 is 0 Å². The third-order valence-corrected chi connectivity index (χ3v) is 4.46. The fraction of sp³-hybridized carbons (Fsp3) is 0.381. The smallest absolute Gasteiger partial charge is 0.254 e. The minimum atomic E-state index is 0.0984. The van der Waals surface area contributed by atoms with E-state index in [0.29, 0.717) is 12.2 Å². The molecule has 1 fully saturated rings. The van der Waals surface area contributed by atoms with Crippen LogP contribution in [0, 0.1) is 0 Å². The molecule has 0 saturated carbocycles. The molecule has 1 saturated heterocycles. The molecule has 1 aliphatic rings. The van der Waals surface area contributed by atoms with E-state index in [-0.39, 0.29) is 5.91 Å². The lowest BCUT2D eigenvalue weighted by molar-refractivity contribution is 0.0628. The molecule has 1 amide bonds. The van der Waals surface area contributed by atoms with Crippen LogP contribution in [-0.2, 0) is 6.54 Å². The van der Waals surface area contributed by atoms with Crippen LogP contribution in [0.1, 0.15) is 29.3 Å². The average Bonchev–Trinajstić information content (AvgIpc) is 2.67. The maximum Gasteiger partial charge on any atom is 0.254 e. The predicted molar refractivity (Wildman–Crippen MR) is 99.9 cm³/mol. The Bertz CT molecular complexity index is 679. The van der Waals surface area contributed by atoms with Crippen molar-refractivity contribution in [1.29, 1.82) is 0 Å². The number of hydrogen-bond donors (Lipinski definition) is 0. The molecule has 3 rings (SSSR count). The summed E-state index contributed by atoms with van der Waals surface area (Å²) in [5.41, 5.74) is 2.04. The summed E-state index contributed by atoms with van der Waals surface area (Å²) in [6.45, 7) is 7.06. The number of nitrogens with zero attached hydrogens (tertiary/aromatic N) is 2. The number of piperazine rings is 1. The van der Waals surface area contributed by atoms with Crippen LogP contribution >= 0.6 is 0 Å². The summed E-state index contributed by atoms with van der Waals surface area (Å²) in [5.74, 6) is 0.872. The molecular formula is C21H26N2O2. The quantitative estimate of drug-likeness (QED) is 0.809. The molecule has 0 aliphatic carbocycles. The van der Waals surface area contributed by atoms with Crippen LogP contribution in [0.15, 0.2) is 54.6 Å². The first-order chi connectivity index (χ1) is 12.3. The fourth-order valence-corrected chi connectivity index (χ4v) is 3.07. The summed E-state index contributed by atoms with van der Waals surface area (Å²) in [4.78, 5) is 17.1. The maximum atomic E-state index is 12.7. The third kappa shape index (κ3) is 4.83. The zero-order valence-corrected chi connectivity index (χ0v) is 14.9. The summed E-state index contributed by atoms with van der Waals surface area (Å²) in [5, 5.41) is 0. The first-order valence-electron chi connectivity index (χ1n) is 9.04. The number of carbonyl (C=O) groups excluding carboxylic acids is 1. The highest BCUT2D eigenvalue weighted by Crippen LogP contribution is 2.17. The van der Waals surface area contributed by atoms with Crippen LogP contribution in [0.3, 0.4) is 0 Å². The second-order valence-corrected chi connectivity index (χ2v) is 6.43. The van der Waals surface area contributed by atoms with Gasteiger partial charge >= 0.3 is 0 Å². The molecule has 0 aromatic heterocycles. The normalized spacial score (nSPS) is 15.2. The van der Waals surface area contributed by atoms with Crippen molar-refractivity contribution < 1.29 is 9.53 Å². The second-order valence-electron chi connectivity index (χ2n) is 6.43. The van der Waals surface area contributed by atoms with Crippen LogP contribution in [0.2, 0.25) is 0 Å². The average molecular weight is 338 g/mol. The Morgan fingerprint density at radius 2 is 1.76 bits per heavy atom. The monoisotopic (exact) mass is 338 g/mol. The summed E-state index contributed by atoms with van der Waals surface area (Å²) in [7, 11) is 0. The molecule has 4 nitrogen and oxygen atoms in total. The van der Waals surface area contributed by atoms with Crippen LogP contribution in [0.25, 0.3) is 0 Å². The minimum absolute atomic E-state index is 0.0984. The van der Waals surface area contributed by atoms with E-state index in [2.05, 4.69) is 36.1 Å². The molecule has 0 atom stereocenters. The van der Waals surface area contributed by atoms with Gasteiger partial charge in [-0.05, 0) is 30.2 Å². The molecule has 0 N–H and O–H groups in total. The van der Waals surface area contributed by atoms with Crippen molar-refractivity contribution in [2.45, 2.75) is 19.9 Å². The van der Waals surface area contributed by atoms with E-state index in [1.54, 1.807) is 0 Å². The van der Waals surface area contributed by atoms with Gasteiger partial charge < -0.3 is 9.64 Å². The van der Waals surface area contributed by atoms with Gasteiger partial charge in [-0.3, -0.25) is 9.69 Å². The van der Waals surface area contributed by atoms with Crippen molar-refractivity contribution in [2.24, 2.45) is 0 Å². The summed E-state index contributed by atoms with van der Waals surface area (Å²) >= 11 is 0. The number of hydrogen-bond acceptors (Lipinski definition) is 3. The highest BCUT2D eigenvalue weighted by molar-refractivity contribution is 5.94. The van der Waals surface area contributed by atoms with Gasteiger partial charge in [0.1, 0.15) is 5.75 Å². The molecule has 0 unspecified atom stereocenters. The van der Waals surface area contributed by atoms with Gasteiger partial charge in [0.05, 0.1) is 6.61 Å². The van der Waals surface area contributed by atoms with Crippen molar-refractivity contribution in [3.05, 3.63) is 65.7 Å². The molecule has 1 aliphatic heterocycles. The Labute approximate surface area is 150 Å². The lowest BCUT2D eigenvalue weighted by Gasteiger charge is -2.34. The highest BCUT2D eigenvalue weighted by atomic mass is 16.5. The summed E-state index contributed by atoms with van der Waals surface area (Å²) in [6.07, 6.45) is 0.960. The molecule has 0 spiro atoms. The first-order valence-corrected chi connectivity index (χ1v) is 9.04. The van der Waals surface area contributed by atoms with Gasteiger partial charge in [-0.2, -0.15) is 0 Å². The van der Waals surface area contributed by atoms with E-state index in [1.165, 1.54) is 5.56 Å². The summed E-state index contributed by atoms with van der Waals surface area (Å²) < 4.78 is 5.64. The van der Waals surface area contributed by atoms with E-state index in [9.17, 15) is 4.79 Å². The highest BCUT2D eigenvalue weighted by Gasteiger charge is 2.22. The van der Waals surface area contributed by atoms with Gasteiger partial charge in [0.2, 0.25) is 0 Å². The van der Waals surface area contributed by atoms with Crippen LogP contribution in [-0.4, -0.2) is 48.5 Å². The van der Waals surface area contributed by atoms with E-state index in [1.807, 2.05) is 35.2 Å². The fourth-order valence-electron chi connectivity index (χ4n) is 3.07. The van der Waals surface area contributed by atoms with E-state index in [0.717, 1.165) is 44.9 Å². The lowest BCUT2D eigenvalue weighted by Crippen LogP contribution is -2.48. The van der Waals surface area contributed by atoms with Crippen molar-refractivity contribution in [1.82, 2.24) is 9.80 Å². The zero-order chi connectivity index (χ0) is 17.5. The predicted octanol–water partition coefficient (Wildman–Crippen LogP) is 3.43. The van der Waals surface area contributed by atoms with Crippen molar-refractivity contribution in [3.8, 4) is 5.75 Å². The molecule has 4 heteroatoms. The number of ether oxygens (including phenoxy) is 1. The molecule has 0 radical (unpaired) electrons. The Hall–Kier alpha value is -2.33. The number of rotatable bonds is 6. The van der Waals surface area contributed by atoms with Crippen molar-refractivity contribution in [2.75, 3.05) is 32.8 Å². The zero-order valence-electron chi connectivity index (χ0n) is 14.9. The van der Waals surface area contributed by atoms with Crippen LogP contribution in [0.5, 0.6) is 5.75 Å². The van der Waals surface area contributed by atoms with Crippen LogP contribution < -0.4 is 4.74 Å². The van der Waals surface area contributed by atoms with Crippen LogP contribution in [0.4, 0.5) is 0 Å². The maximum absolute atomic E-state index is 12.7. The SMILES string of the molecule is CCCOc1cccc(C(=O)N2CCN(Cc3ccccc3)CC2)c1. The Balaban J connectivity index is 1.54. The third-order valence-electron chi connectivity index (χ3n) is 4.46. The standard InChI is InChI=1S/C21H26N2O2/c1-2-15-25-20-10-6-9-19(16-20)21(24)23-13-11-22(12-14-23)17-18-7-4-3-5-8-18/h3-10,16H,2,11-15,17H2,1H3. The van der Waals surface area contributed by atoms with E-state index in [4.69, 9.17) is 4.74 Å². The Morgan fingerprint density at radius 3 is 2.48 bits per heavy atom. The number of carbonyl (C=O) groups is 1. The van der Waals surface area contributed by atoms with Gasteiger partial charge in [0.15, 0.2) is 0 Å². The molecule has 25 heavy (non-hydrogen) atoms. The Morgan fingerprint density at radius 1 is 1.00 bits per heavy atom. The number of amides is 1.